The number of hydrogen-bond acceptors (Lipinski definition) is 9. The highest BCUT2D eigenvalue weighted by Crippen LogP contribution is 2.27. The summed E-state index contributed by atoms with van der Waals surface area (Å²) in [4.78, 5) is 54.1. The molecule has 4 aromatic rings. The number of carbonyl (C=O) groups is 4. The molecule has 0 spiro atoms. The van der Waals surface area contributed by atoms with Crippen LogP contribution in [0.1, 0.15) is 68.9 Å². The number of ether oxygens (including phenoxy) is 3. The zero-order valence-corrected chi connectivity index (χ0v) is 28.5. The Morgan fingerprint density at radius 2 is 1.21 bits per heavy atom. The van der Waals surface area contributed by atoms with Crippen LogP contribution in [0.15, 0.2) is 36.4 Å². The molecule has 0 atom stereocenters. The molecule has 0 saturated heterocycles. The number of rotatable bonds is 16. The lowest BCUT2D eigenvalue weighted by Gasteiger charge is -2.23. The first-order valence-electron chi connectivity index (χ1n) is 15.9. The number of amides is 1. The Kier molecular flexibility index (Phi) is 11.4. The van der Waals surface area contributed by atoms with Gasteiger partial charge in [-0.25, -0.2) is 0 Å². The predicted octanol–water partition coefficient (Wildman–Crippen LogP) is 5.20. The van der Waals surface area contributed by atoms with Gasteiger partial charge in [-0.2, -0.15) is 10.2 Å². The monoisotopic (exact) mass is 647 g/mol. The molecule has 0 fully saturated rings. The van der Waals surface area contributed by atoms with E-state index in [0.29, 0.717) is 51.5 Å². The van der Waals surface area contributed by atoms with E-state index in [1.54, 1.807) is 69.4 Å². The van der Waals surface area contributed by atoms with Crippen molar-refractivity contribution in [1.29, 1.82) is 0 Å². The van der Waals surface area contributed by atoms with E-state index in [1.165, 1.54) is 9.36 Å². The van der Waals surface area contributed by atoms with Crippen LogP contribution >= 0.6 is 0 Å². The molecule has 0 aliphatic carbocycles. The number of ketones is 2. The summed E-state index contributed by atoms with van der Waals surface area (Å²) in [7, 11) is 3.09. The molecule has 2 aromatic heterocycles. The van der Waals surface area contributed by atoms with Crippen LogP contribution in [0.4, 0.5) is 0 Å². The average Bonchev–Trinajstić information content (AvgIpc) is 3.58. The fraction of sp³-hybridized carbons (Fsp3) is 0.486. The second-order valence-electron chi connectivity index (χ2n) is 12.6. The first-order valence-corrected chi connectivity index (χ1v) is 15.9. The van der Waals surface area contributed by atoms with Gasteiger partial charge in [-0.1, -0.05) is 41.5 Å². The van der Waals surface area contributed by atoms with Crippen LogP contribution in [0.2, 0.25) is 0 Å². The van der Waals surface area contributed by atoms with Gasteiger partial charge in [0.15, 0.2) is 11.6 Å². The number of carbonyl (C=O) groups excluding carboxylic acids is 4. The molecule has 0 unspecified atom stereocenters. The summed E-state index contributed by atoms with van der Waals surface area (Å²) < 4.78 is 19.3. The van der Waals surface area contributed by atoms with Crippen LogP contribution in [-0.2, 0) is 27.4 Å². The molecular formula is C35H45N5O7. The van der Waals surface area contributed by atoms with Gasteiger partial charge in [0.05, 0.1) is 31.8 Å². The van der Waals surface area contributed by atoms with Gasteiger partial charge in [-0.3, -0.25) is 28.5 Å². The molecule has 0 bridgehead atoms. The van der Waals surface area contributed by atoms with E-state index in [-0.39, 0.29) is 61.2 Å². The van der Waals surface area contributed by atoms with E-state index in [4.69, 9.17) is 14.2 Å². The fourth-order valence-electron chi connectivity index (χ4n) is 5.15. The van der Waals surface area contributed by atoms with Crippen molar-refractivity contribution in [2.24, 2.45) is 17.8 Å². The number of methoxy groups -OCH3 is 2. The third kappa shape index (κ3) is 8.16. The number of fused-ring (bicyclic) bond motifs is 2. The van der Waals surface area contributed by atoms with Gasteiger partial charge in [0, 0.05) is 41.3 Å². The Morgan fingerprint density at radius 1 is 0.723 bits per heavy atom. The number of hydrogen-bond donors (Lipinski definition) is 0. The molecule has 12 nitrogen and oxygen atoms in total. The highest BCUT2D eigenvalue weighted by molar-refractivity contribution is 6.08. The first kappa shape index (κ1) is 35.1. The van der Waals surface area contributed by atoms with Gasteiger partial charge in [-0.15, -0.1) is 0 Å². The number of aromatic nitrogens is 4. The smallest absolute Gasteiger partial charge is 0.327 e. The van der Waals surface area contributed by atoms with Gasteiger partial charge in [-0.05, 0) is 36.6 Å². The van der Waals surface area contributed by atoms with Crippen molar-refractivity contribution in [1.82, 2.24) is 24.5 Å². The molecule has 252 valence electrons. The van der Waals surface area contributed by atoms with Gasteiger partial charge in [0.1, 0.15) is 42.6 Å². The van der Waals surface area contributed by atoms with Gasteiger partial charge in [0.2, 0.25) is 5.91 Å². The van der Waals surface area contributed by atoms with Crippen molar-refractivity contribution < 1.29 is 33.4 Å². The normalized spacial score (nSPS) is 11.6. The van der Waals surface area contributed by atoms with Gasteiger partial charge < -0.3 is 19.1 Å². The Morgan fingerprint density at radius 3 is 1.66 bits per heavy atom. The Labute approximate surface area is 274 Å². The van der Waals surface area contributed by atoms with Crippen molar-refractivity contribution in [3.05, 3.63) is 47.8 Å². The topological polar surface area (TPSA) is 135 Å². The molecular weight excluding hydrogens is 602 g/mol. The lowest BCUT2D eigenvalue weighted by atomic mass is 10.0. The molecule has 0 N–H and O–H groups in total. The average molecular weight is 648 g/mol. The second-order valence-corrected chi connectivity index (χ2v) is 12.6. The summed E-state index contributed by atoms with van der Waals surface area (Å²) in [6.07, 6.45) is 0.748. The molecule has 1 amide bonds. The van der Waals surface area contributed by atoms with Gasteiger partial charge in [0.25, 0.3) is 0 Å². The molecule has 4 rings (SSSR count). The number of esters is 1. The van der Waals surface area contributed by atoms with E-state index in [0.717, 1.165) is 6.42 Å². The Hall–Kier alpha value is -4.74. The molecule has 0 radical (unpaired) electrons. The number of Topliss-reactive ketones (excluding diaryl/α,β-unsaturated/α-hetero) is 2. The molecule has 47 heavy (non-hydrogen) atoms. The van der Waals surface area contributed by atoms with Crippen LogP contribution in [0.3, 0.4) is 0 Å². The van der Waals surface area contributed by atoms with E-state index in [9.17, 15) is 19.2 Å². The number of nitrogens with zero attached hydrogens (tertiary/aromatic N) is 5. The third-order valence-electron chi connectivity index (χ3n) is 7.95. The summed E-state index contributed by atoms with van der Waals surface area (Å²) in [6, 6.07) is 10.6. The maximum atomic E-state index is 13.7. The van der Waals surface area contributed by atoms with Crippen molar-refractivity contribution in [2.75, 3.05) is 33.9 Å². The Bertz CT molecular complexity index is 1770. The van der Waals surface area contributed by atoms with Crippen LogP contribution in [0.25, 0.3) is 21.8 Å². The quantitative estimate of drug-likeness (QED) is 0.119. The molecule has 2 heterocycles. The SMILES string of the molecule is COc1ccc2c(C(=O)C(C)C)nn(CC(=O)OCCN(CCC(C)C)C(=O)Cn3nc(C(=O)C(C)C)c4ccc(OC)cc43)c2c1. The molecule has 0 aliphatic rings. The third-order valence-corrected chi connectivity index (χ3v) is 7.95. The Balaban J connectivity index is 1.50. The lowest BCUT2D eigenvalue weighted by molar-refractivity contribution is -0.146. The summed E-state index contributed by atoms with van der Waals surface area (Å²) in [5.74, 6) is -0.0603. The minimum Gasteiger partial charge on any atom is -0.497 e. The second kappa shape index (κ2) is 15.2. The maximum Gasteiger partial charge on any atom is 0.327 e. The highest BCUT2D eigenvalue weighted by Gasteiger charge is 2.24. The minimum absolute atomic E-state index is 0.0340. The standard InChI is InChI=1S/C35H45N5O7/c1-21(2)13-14-38(30(41)19-39-28-17-24(45-7)9-11-26(28)32(36-39)34(43)22(3)4)15-16-47-31(42)20-40-29-18-25(46-8)10-12-27(29)33(37-40)35(44)23(5)6/h9-12,17-18,21-23H,13-16,19-20H2,1-8H3. The largest absolute Gasteiger partial charge is 0.497 e. The highest BCUT2D eigenvalue weighted by atomic mass is 16.5. The zero-order valence-electron chi connectivity index (χ0n) is 28.5. The first-order chi connectivity index (χ1) is 22.3. The van der Waals surface area contributed by atoms with E-state index < -0.39 is 5.97 Å². The predicted molar refractivity (Wildman–Crippen MR) is 178 cm³/mol. The van der Waals surface area contributed by atoms with Gasteiger partial charge >= 0.3 is 5.97 Å². The molecule has 12 heteroatoms. The molecule has 2 aromatic carbocycles. The van der Waals surface area contributed by atoms with E-state index in [1.807, 2.05) is 13.8 Å². The molecule has 0 aliphatic heterocycles. The maximum absolute atomic E-state index is 13.7. The van der Waals surface area contributed by atoms with Crippen molar-refractivity contribution in [3.8, 4) is 11.5 Å². The zero-order chi connectivity index (χ0) is 34.4. The summed E-state index contributed by atoms with van der Waals surface area (Å²) >= 11 is 0. The lowest BCUT2D eigenvalue weighted by Crippen LogP contribution is -2.38. The van der Waals surface area contributed by atoms with Crippen LogP contribution in [0, 0.1) is 17.8 Å². The summed E-state index contributed by atoms with van der Waals surface area (Å²) in [5.41, 5.74) is 1.81. The van der Waals surface area contributed by atoms with E-state index >= 15 is 0 Å². The number of benzene rings is 2. The van der Waals surface area contributed by atoms with Crippen molar-refractivity contribution in [3.63, 3.8) is 0 Å². The van der Waals surface area contributed by atoms with E-state index in [2.05, 4.69) is 24.0 Å². The van der Waals surface area contributed by atoms with Crippen LogP contribution in [-0.4, -0.2) is 81.8 Å². The molecule has 0 saturated carbocycles. The van der Waals surface area contributed by atoms with Crippen molar-refractivity contribution >= 4 is 45.2 Å². The van der Waals surface area contributed by atoms with Crippen molar-refractivity contribution in [2.45, 2.75) is 61.1 Å². The fourth-order valence-corrected chi connectivity index (χ4v) is 5.15. The summed E-state index contributed by atoms with van der Waals surface area (Å²) in [5, 5.41) is 10.3. The van der Waals surface area contributed by atoms with Crippen LogP contribution in [0.5, 0.6) is 11.5 Å². The minimum atomic E-state index is -0.556. The van der Waals surface area contributed by atoms with Crippen LogP contribution < -0.4 is 9.47 Å². The summed E-state index contributed by atoms with van der Waals surface area (Å²) in [6.45, 7) is 11.6.